The van der Waals surface area contributed by atoms with Crippen molar-refractivity contribution in [1.82, 2.24) is 4.98 Å². The Morgan fingerprint density at radius 3 is 3.27 bits per heavy atom. The van der Waals surface area contributed by atoms with E-state index in [0.717, 1.165) is 24.2 Å². The minimum Gasteiger partial charge on any atom is -0.384 e. The van der Waals surface area contributed by atoms with E-state index in [0.29, 0.717) is 5.92 Å². The van der Waals surface area contributed by atoms with Gasteiger partial charge in [0.1, 0.15) is 0 Å². The predicted molar refractivity (Wildman–Crippen MR) is 64.1 cm³/mol. The van der Waals surface area contributed by atoms with Gasteiger partial charge in [0.2, 0.25) is 0 Å². The summed E-state index contributed by atoms with van der Waals surface area (Å²) in [6.45, 7) is 3.05. The number of ether oxygens (including phenoxy) is 1. The van der Waals surface area contributed by atoms with Crippen molar-refractivity contribution in [3.8, 4) is 0 Å². The molecule has 1 aliphatic rings. The van der Waals surface area contributed by atoms with Gasteiger partial charge in [-0.1, -0.05) is 0 Å². The molecule has 2 rings (SSSR count). The molecule has 0 saturated carbocycles. The van der Waals surface area contributed by atoms with Crippen molar-refractivity contribution in [2.45, 2.75) is 6.42 Å². The molecule has 0 bridgehead atoms. The van der Waals surface area contributed by atoms with Crippen LogP contribution in [0.15, 0.2) is 22.9 Å². The zero-order valence-electron chi connectivity index (χ0n) is 8.82. The normalized spacial score (nSPS) is 20.9. The quantitative estimate of drug-likeness (QED) is 0.843. The van der Waals surface area contributed by atoms with Crippen LogP contribution in [0.25, 0.3) is 0 Å². The lowest BCUT2D eigenvalue weighted by Crippen LogP contribution is -2.21. The second-order valence-corrected chi connectivity index (χ2v) is 4.74. The summed E-state index contributed by atoms with van der Waals surface area (Å²) < 4.78 is 6.26. The highest BCUT2D eigenvalue weighted by molar-refractivity contribution is 9.10. The molecule has 82 valence electrons. The summed E-state index contributed by atoms with van der Waals surface area (Å²) in [5.41, 5.74) is 1.24. The second-order valence-electron chi connectivity index (χ2n) is 3.88. The van der Waals surface area contributed by atoms with Crippen LogP contribution in [0.5, 0.6) is 0 Å². The molecule has 1 aromatic rings. The van der Waals surface area contributed by atoms with Crippen molar-refractivity contribution >= 4 is 21.6 Å². The third kappa shape index (κ3) is 2.49. The van der Waals surface area contributed by atoms with Crippen LogP contribution in [-0.4, -0.2) is 31.8 Å². The highest BCUT2D eigenvalue weighted by atomic mass is 79.9. The van der Waals surface area contributed by atoms with E-state index in [-0.39, 0.29) is 0 Å². The van der Waals surface area contributed by atoms with E-state index in [2.05, 4.69) is 31.9 Å². The molecule has 0 aromatic carbocycles. The minimum absolute atomic E-state index is 0.662. The fourth-order valence-electron chi connectivity index (χ4n) is 2.05. The van der Waals surface area contributed by atoms with Gasteiger partial charge in [0.05, 0.1) is 16.8 Å². The molecule has 0 radical (unpaired) electrons. The van der Waals surface area contributed by atoms with E-state index in [4.69, 9.17) is 4.74 Å². The maximum Gasteiger partial charge on any atom is 0.0592 e. The molecule has 1 atom stereocenters. The Bertz CT molecular complexity index is 332. The van der Waals surface area contributed by atoms with Crippen molar-refractivity contribution in [2.24, 2.45) is 5.92 Å². The lowest BCUT2D eigenvalue weighted by atomic mass is 10.1. The second kappa shape index (κ2) is 4.94. The van der Waals surface area contributed by atoms with Crippen LogP contribution in [-0.2, 0) is 4.74 Å². The minimum atomic E-state index is 0.662. The fraction of sp³-hybridized carbons (Fsp3) is 0.545. The standard InChI is InChI=1S/C11H15BrN2O/c1-15-8-9-3-5-14(7-9)11-2-4-13-6-10(11)12/h2,4,6,9H,3,5,7-8H2,1H3. The number of anilines is 1. The van der Waals surface area contributed by atoms with Crippen LogP contribution < -0.4 is 4.90 Å². The van der Waals surface area contributed by atoms with Gasteiger partial charge in [-0.2, -0.15) is 0 Å². The Kier molecular flexibility index (Phi) is 3.59. The Morgan fingerprint density at radius 1 is 1.67 bits per heavy atom. The molecule has 1 aliphatic heterocycles. The number of methoxy groups -OCH3 is 1. The number of hydrogen-bond acceptors (Lipinski definition) is 3. The molecule has 1 saturated heterocycles. The van der Waals surface area contributed by atoms with Crippen molar-refractivity contribution < 1.29 is 4.74 Å². The lowest BCUT2D eigenvalue weighted by molar-refractivity contribution is 0.161. The van der Waals surface area contributed by atoms with Crippen LogP contribution in [0.1, 0.15) is 6.42 Å². The molecule has 1 unspecified atom stereocenters. The van der Waals surface area contributed by atoms with Crippen LogP contribution >= 0.6 is 15.9 Å². The molecule has 1 aromatic heterocycles. The highest BCUT2D eigenvalue weighted by Crippen LogP contribution is 2.29. The zero-order valence-corrected chi connectivity index (χ0v) is 10.4. The van der Waals surface area contributed by atoms with Gasteiger partial charge in [0.15, 0.2) is 0 Å². The number of halogens is 1. The monoisotopic (exact) mass is 270 g/mol. The van der Waals surface area contributed by atoms with Crippen LogP contribution in [0.3, 0.4) is 0 Å². The predicted octanol–water partition coefficient (Wildman–Crippen LogP) is 2.32. The van der Waals surface area contributed by atoms with E-state index in [1.54, 1.807) is 7.11 Å². The van der Waals surface area contributed by atoms with Gasteiger partial charge in [-0.15, -0.1) is 0 Å². The first-order chi connectivity index (χ1) is 7.31. The van der Waals surface area contributed by atoms with Gasteiger partial charge < -0.3 is 9.64 Å². The summed E-state index contributed by atoms with van der Waals surface area (Å²) in [6.07, 6.45) is 4.89. The molecule has 4 heteroatoms. The number of pyridine rings is 1. The number of rotatable bonds is 3. The Morgan fingerprint density at radius 2 is 2.53 bits per heavy atom. The first kappa shape index (κ1) is 10.9. The van der Waals surface area contributed by atoms with E-state index in [9.17, 15) is 0 Å². The van der Waals surface area contributed by atoms with Gasteiger partial charge in [0, 0.05) is 38.5 Å². The third-order valence-electron chi connectivity index (χ3n) is 2.78. The summed E-state index contributed by atoms with van der Waals surface area (Å²) in [5.74, 6) is 0.662. The molecule has 2 heterocycles. The Labute approximate surface area is 98.6 Å². The average molecular weight is 271 g/mol. The average Bonchev–Trinajstić information content (AvgIpc) is 2.68. The summed E-state index contributed by atoms with van der Waals surface area (Å²) >= 11 is 3.53. The molecule has 0 spiro atoms. The number of hydrogen-bond donors (Lipinski definition) is 0. The van der Waals surface area contributed by atoms with Gasteiger partial charge in [-0.3, -0.25) is 4.98 Å². The SMILES string of the molecule is COCC1CCN(c2ccncc2Br)C1. The van der Waals surface area contributed by atoms with E-state index < -0.39 is 0 Å². The number of nitrogens with zero attached hydrogens (tertiary/aromatic N) is 2. The van der Waals surface area contributed by atoms with Gasteiger partial charge >= 0.3 is 0 Å². The van der Waals surface area contributed by atoms with E-state index in [1.807, 2.05) is 12.4 Å². The summed E-state index contributed by atoms with van der Waals surface area (Å²) in [5, 5.41) is 0. The molecule has 0 N–H and O–H groups in total. The maximum absolute atomic E-state index is 5.19. The molecular weight excluding hydrogens is 256 g/mol. The summed E-state index contributed by atoms with van der Waals surface area (Å²) in [4.78, 5) is 6.46. The first-order valence-electron chi connectivity index (χ1n) is 5.14. The Hall–Kier alpha value is -0.610. The summed E-state index contributed by atoms with van der Waals surface area (Å²) in [6, 6.07) is 2.05. The third-order valence-corrected chi connectivity index (χ3v) is 3.39. The molecule has 3 nitrogen and oxygen atoms in total. The molecular formula is C11H15BrN2O. The highest BCUT2D eigenvalue weighted by Gasteiger charge is 2.23. The topological polar surface area (TPSA) is 25.4 Å². The van der Waals surface area contributed by atoms with E-state index in [1.165, 1.54) is 12.1 Å². The number of aromatic nitrogens is 1. The maximum atomic E-state index is 5.19. The Balaban J connectivity index is 2.04. The lowest BCUT2D eigenvalue weighted by Gasteiger charge is -2.19. The fourth-order valence-corrected chi connectivity index (χ4v) is 2.55. The molecule has 1 fully saturated rings. The van der Waals surface area contributed by atoms with E-state index >= 15 is 0 Å². The van der Waals surface area contributed by atoms with Gasteiger partial charge in [-0.25, -0.2) is 0 Å². The van der Waals surface area contributed by atoms with Crippen LogP contribution in [0, 0.1) is 5.92 Å². The zero-order chi connectivity index (χ0) is 10.7. The van der Waals surface area contributed by atoms with Gasteiger partial charge in [-0.05, 0) is 28.4 Å². The van der Waals surface area contributed by atoms with Crippen molar-refractivity contribution in [1.29, 1.82) is 0 Å². The van der Waals surface area contributed by atoms with Gasteiger partial charge in [0.25, 0.3) is 0 Å². The first-order valence-corrected chi connectivity index (χ1v) is 5.94. The van der Waals surface area contributed by atoms with Crippen LogP contribution in [0.2, 0.25) is 0 Å². The smallest absolute Gasteiger partial charge is 0.0592 e. The molecule has 0 amide bonds. The summed E-state index contributed by atoms with van der Waals surface area (Å²) in [7, 11) is 1.77. The van der Waals surface area contributed by atoms with Crippen molar-refractivity contribution in [3.63, 3.8) is 0 Å². The van der Waals surface area contributed by atoms with Crippen molar-refractivity contribution in [3.05, 3.63) is 22.9 Å². The largest absolute Gasteiger partial charge is 0.384 e. The van der Waals surface area contributed by atoms with Crippen LogP contribution in [0.4, 0.5) is 5.69 Å². The van der Waals surface area contributed by atoms with Crippen molar-refractivity contribution in [2.75, 3.05) is 31.7 Å². The molecule has 15 heavy (non-hydrogen) atoms. The molecule has 0 aliphatic carbocycles.